The highest BCUT2D eigenvalue weighted by atomic mass is 16.2. The van der Waals surface area contributed by atoms with Gasteiger partial charge in [0.2, 0.25) is 5.95 Å². The van der Waals surface area contributed by atoms with Crippen molar-refractivity contribution < 1.29 is 4.79 Å². The summed E-state index contributed by atoms with van der Waals surface area (Å²) in [7, 11) is 0. The third kappa shape index (κ3) is 2.30. The van der Waals surface area contributed by atoms with Gasteiger partial charge in [-0.1, -0.05) is 25.5 Å². The molecule has 0 radical (unpaired) electrons. The van der Waals surface area contributed by atoms with E-state index in [1.165, 1.54) is 24.7 Å². The van der Waals surface area contributed by atoms with Gasteiger partial charge in [0.1, 0.15) is 6.33 Å². The topological polar surface area (TPSA) is 82.7 Å². The van der Waals surface area contributed by atoms with Crippen LogP contribution in [0.2, 0.25) is 0 Å². The molecule has 1 aromatic rings. The molecule has 1 aromatic heterocycles. The van der Waals surface area contributed by atoms with E-state index in [0.29, 0.717) is 23.8 Å². The minimum Gasteiger partial charge on any atom is -0.337 e. The molecule has 0 aromatic carbocycles. The van der Waals surface area contributed by atoms with E-state index in [0.717, 1.165) is 12.3 Å². The fourth-order valence-corrected chi connectivity index (χ4v) is 3.50. The summed E-state index contributed by atoms with van der Waals surface area (Å²) in [6.07, 6.45) is 7.19. The second-order valence-electron chi connectivity index (χ2n) is 6.29. The van der Waals surface area contributed by atoms with Crippen LogP contribution >= 0.6 is 0 Å². The number of amides is 2. The highest BCUT2D eigenvalue weighted by molar-refractivity contribution is 5.87. The summed E-state index contributed by atoms with van der Waals surface area (Å²) in [6, 6.07) is -0.246. The summed E-state index contributed by atoms with van der Waals surface area (Å²) in [5.74, 6) is 1.93. The SMILES string of the molecule is CC1(C)[C@H]2CC=C(CCNC(=O)Nc3ncn[nH]3)[C@@H]1C2. The van der Waals surface area contributed by atoms with Crippen LogP contribution in [0.25, 0.3) is 0 Å². The van der Waals surface area contributed by atoms with E-state index in [2.05, 4.69) is 45.7 Å². The Hall–Kier alpha value is -1.85. The highest BCUT2D eigenvalue weighted by Gasteiger charge is 2.50. The summed E-state index contributed by atoms with van der Waals surface area (Å²) in [5, 5.41) is 11.7. The van der Waals surface area contributed by atoms with Crippen LogP contribution in [0.3, 0.4) is 0 Å². The first-order valence-electron chi connectivity index (χ1n) is 7.16. The van der Waals surface area contributed by atoms with Gasteiger partial charge in [-0.25, -0.2) is 9.89 Å². The fraction of sp³-hybridized carbons (Fsp3) is 0.643. The minimum absolute atomic E-state index is 0.246. The van der Waals surface area contributed by atoms with Crippen molar-refractivity contribution in [3.05, 3.63) is 18.0 Å². The third-order valence-electron chi connectivity index (χ3n) is 4.93. The number of hydrogen-bond donors (Lipinski definition) is 3. The number of H-pyrrole nitrogens is 1. The quantitative estimate of drug-likeness (QED) is 0.737. The minimum atomic E-state index is -0.246. The number of carbonyl (C=O) groups is 1. The maximum absolute atomic E-state index is 11.6. The van der Waals surface area contributed by atoms with Crippen LogP contribution in [-0.4, -0.2) is 27.8 Å². The lowest BCUT2D eigenvalue weighted by molar-refractivity contribution is -0.00808. The molecule has 20 heavy (non-hydrogen) atoms. The molecule has 0 saturated heterocycles. The zero-order chi connectivity index (χ0) is 14.2. The molecular weight excluding hydrogens is 254 g/mol. The van der Waals surface area contributed by atoms with Crippen LogP contribution in [0.5, 0.6) is 0 Å². The van der Waals surface area contributed by atoms with Gasteiger partial charge in [0, 0.05) is 6.54 Å². The van der Waals surface area contributed by atoms with E-state index in [1.54, 1.807) is 0 Å². The van der Waals surface area contributed by atoms with Crippen molar-refractivity contribution in [3.8, 4) is 0 Å². The molecule has 1 saturated carbocycles. The van der Waals surface area contributed by atoms with Gasteiger partial charge in [0.05, 0.1) is 0 Å². The molecule has 3 N–H and O–H groups in total. The molecule has 6 heteroatoms. The molecule has 0 spiro atoms. The molecule has 2 amide bonds. The molecule has 0 unspecified atom stereocenters. The summed E-state index contributed by atoms with van der Waals surface area (Å²) >= 11 is 0. The molecular formula is C14H21N5O. The lowest BCUT2D eigenvalue weighted by Gasteiger charge is -2.56. The van der Waals surface area contributed by atoms with Crippen molar-refractivity contribution in [1.82, 2.24) is 20.5 Å². The van der Waals surface area contributed by atoms with E-state index >= 15 is 0 Å². The second-order valence-corrected chi connectivity index (χ2v) is 6.29. The van der Waals surface area contributed by atoms with Gasteiger partial charge in [0.25, 0.3) is 0 Å². The predicted molar refractivity (Wildman–Crippen MR) is 76.1 cm³/mol. The van der Waals surface area contributed by atoms with Gasteiger partial charge in [-0.15, -0.1) is 0 Å². The van der Waals surface area contributed by atoms with Gasteiger partial charge in [-0.05, 0) is 36.5 Å². The average Bonchev–Trinajstić information content (AvgIpc) is 2.91. The van der Waals surface area contributed by atoms with Crippen LogP contribution < -0.4 is 10.6 Å². The molecule has 6 nitrogen and oxygen atoms in total. The maximum Gasteiger partial charge on any atom is 0.321 e. The summed E-state index contributed by atoms with van der Waals surface area (Å²) in [4.78, 5) is 15.5. The number of rotatable bonds is 4. The first-order valence-corrected chi connectivity index (χ1v) is 7.16. The van der Waals surface area contributed by atoms with Gasteiger partial charge in [0.15, 0.2) is 0 Å². The fourth-order valence-electron chi connectivity index (χ4n) is 3.50. The van der Waals surface area contributed by atoms with Crippen molar-refractivity contribution in [3.63, 3.8) is 0 Å². The summed E-state index contributed by atoms with van der Waals surface area (Å²) in [6.45, 7) is 5.38. The number of urea groups is 1. The van der Waals surface area contributed by atoms with Crippen molar-refractivity contribution in [2.24, 2.45) is 17.3 Å². The standard InChI is InChI=1S/C14H21N5O/c1-14(2)10-4-3-9(11(14)7-10)5-6-15-13(20)18-12-16-8-17-19-12/h3,8,10-11H,4-7H2,1-2H3,(H3,15,16,17,18,19,20)/t10-,11-/m0/s1. The van der Waals surface area contributed by atoms with E-state index in [4.69, 9.17) is 0 Å². The van der Waals surface area contributed by atoms with Crippen LogP contribution in [0.15, 0.2) is 18.0 Å². The zero-order valence-electron chi connectivity index (χ0n) is 11.9. The van der Waals surface area contributed by atoms with E-state index < -0.39 is 0 Å². The Labute approximate surface area is 118 Å². The van der Waals surface area contributed by atoms with Gasteiger partial charge in [-0.2, -0.15) is 10.1 Å². The van der Waals surface area contributed by atoms with Crippen molar-refractivity contribution in [2.45, 2.75) is 33.1 Å². The molecule has 1 heterocycles. The summed E-state index contributed by atoms with van der Waals surface area (Å²) < 4.78 is 0. The number of carbonyl (C=O) groups excluding carboxylic acids is 1. The molecule has 108 valence electrons. The third-order valence-corrected chi connectivity index (χ3v) is 4.93. The number of fused-ring (bicyclic) bond motifs is 1. The molecule has 3 aliphatic carbocycles. The number of anilines is 1. The molecule has 2 bridgehead atoms. The van der Waals surface area contributed by atoms with E-state index in [1.807, 2.05) is 0 Å². The van der Waals surface area contributed by atoms with E-state index in [-0.39, 0.29) is 6.03 Å². The smallest absolute Gasteiger partial charge is 0.321 e. The highest BCUT2D eigenvalue weighted by Crippen LogP contribution is 2.59. The van der Waals surface area contributed by atoms with Crippen molar-refractivity contribution in [1.29, 1.82) is 0 Å². The molecule has 3 aliphatic rings. The van der Waals surface area contributed by atoms with Gasteiger partial charge in [-0.3, -0.25) is 5.32 Å². The Morgan fingerprint density at radius 2 is 2.40 bits per heavy atom. The Balaban J connectivity index is 1.44. The predicted octanol–water partition coefficient (Wildman–Crippen LogP) is 2.31. The lowest BCUT2D eigenvalue weighted by Crippen LogP contribution is -2.48. The van der Waals surface area contributed by atoms with Crippen molar-refractivity contribution >= 4 is 12.0 Å². The van der Waals surface area contributed by atoms with Gasteiger partial charge >= 0.3 is 6.03 Å². The summed E-state index contributed by atoms with van der Waals surface area (Å²) in [5.41, 5.74) is 1.96. The zero-order valence-corrected chi connectivity index (χ0v) is 11.9. The number of hydrogen-bond acceptors (Lipinski definition) is 3. The molecule has 1 fully saturated rings. The molecule has 0 aliphatic heterocycles. The monoisotopic (exact) mass is 275 g/mol. The molecule has 2 atom stereocenters. The Morgan fingerprint density at radius 3 is 3.05 bits per heavy atom. The first-order chi connectivity index (χ1) is 9.57. The average molecular weight is 275 g/mol. The molecule has 4 rings (SSSR count). The van der Waals surface area contributed by atoms with Gasteiger partial charge < -0.3 is 5.32 Å². The van der Waals surface area contributed by atoms with Crippen LogP contribution in [0, 0.1) is 17.3 Å². The second kappa shape index (κ2) is 4.92. The maximum atomic E-state index is 11.6. The van der Waals surface area contributed by atoms with E-state index in [9.17, 15) is 4.79 Å². The normalized spacial score (nSPS) is 26.4. The first kappa shape index (κ1) is 13.1. The van der Waals surface area contributed by atoms with Crippen LogP contribution in [0.4, 0.5) is 10.7 Å². The Kier molecular flexibility index (Phi) is 3.23. The largest absolute Gasteiger partial charge is 0.337 e. The van der Waals surface area contributed by atoms with Crippen LogP contribution in [0.1, 0.15) is 33.1 Å². The number of aromatic nitrogens is 3. The number of nitrogens with zero attached hydrogens (tertiary/aromatic N) is 2. The van der Waals surface area contributed by atoms with Crippen LogP contribution in [-0.2, 0) is 0 Å². The number of allylic oxidation sites excluding steroid dienone is 1. The Morgan fingerprint density at radius 1 is 1.55 bits per heavy atom. The number of aromatic amines is 1. The Bertz CT molecular complexity index is 520. The van der Waals surface area contributed by atoms with Crippen molar-refractivity contribution in [2.75, 3.05) is 11.9 Å². The number of nitrogens with one attached hydrogen (secondary N) is 3. The lowest BCUT2D eigenvalue weighted by atomic mass is 9.48.